The Balaban J connectivity index is 2.40. The molecule has 13 heavy (non-hydrogen) atoms. The van der Waals surface area contributed by atoms with E-state index in [0.717, 1.165) is 12.8 Å². The van der Waals surface area contributed by atoms with Gasteiger partial charge in [0.25, 0.3) is 0 Å². The summed E-state index contributed by atoms with van der Waals surface area (Å²) in [5, 5.41) is 0. The van der Waals surface area contributed by atoms with E-state index in [9.17, 15) is 0 Å². The van der Waals surface area contributed by atoms with Gasteiger partial charge in [0.1, 0.15) is 0 Å². The molecule has 71 valence electrons. The zero-order chi connectivity index (χ0) is 9.52. The van der Waals surface area contributed by atoms with Crippen molar-refractivity contribution in [1.29, 1.82) is 0 Å². The molecule has 0 saturated carbocycles. The highest BCUT2D eigenvalue weighted by Crippen LogP contribution is 2.08. The monoisotopic (exact) mass is 175 g/mol. The van der Waals surface area contributed by atoms with Gasteiger partial charge in [-0.05, 0) is 30.4 Å². The summed E-state index contributed by atoms with van der Waals surface area (Å²) in [5.74, 6) is 0. The van der Waals surface area contributed by atoms with Crippen LogP contribution < -0.4 is 0 Å². The summed E-state index contributed by atoms with van der Waals surface area (Å²) in [6.45, 7) is 6.04. The van der Waals surface area contributed by atoms with Gasteiger partial charge in [-0.2, -0.15) is 0 Å². The summed E-state index contributed by atoms with van der Waals surface area (Å²) in [4.78, 5) is 0. The summed E-state index contributed by atoms with van der Waals surface area (Å²) in [7, 11) is 0. The van der Waals surface area contributed by atoms with Crippen LogP contribution in [0.3, 0.4) is 0 Å². The van der Waals surface area contributed by atoms with E-state index in [1.807, 2.05) is 0 Å². The number of benzene rings is 1. The van der Waals surface area contributed by atoms with Gasteiger partial charge in [-0.25, -0.2) is 0 Å². The summed E-state index contributed by atoms with van der Waals surface area (Å²) in [5.41, 5.74) is 2.89. The van der Waals surface area contributed by atoms with Crippen LogP contribution in [0.5, 0.6) is 0 Å². The first kappa shape index (κ1) is 10.3. The molecule has 1 aromatic carbocycles. The quantitative estimate of drug-likeness (QED) is 0.597. The first-order valence-electron chi connectivity index (χ1n) is 5.24. The lowest BCUT2D eigenvalue weighted by atomic mass is 10.0. The van der Waals surface area contributed by atoms with Crippen molar-refractivity contribution in [2.24, 2.45) is 0 Å². The van der Waals surface area contributed by atoms with E-state index in [-0.39, 0.29) is 0 Å². The van der Waals surface area contributed by atoms with Crippen LogP contribution in [0, 0.1) is 6.92 Å². The first-order valence-corrected chi connectivity index (χ1v) is 5.24. The zero-order valence-corrected chi connectivity index (χ0v) is 8.55. The molecule has 1 radical (unpaired) electrons. The third-order valence-electron chi connectivity index (χ3n) is 2.40. The molecule has 0 aliphatic carbocycles. The third-order valence-corrected chi connectivity index (χ3v) is 2.40. The van der Waals surface area contributed by atoms with Crippen molar-refractivity contribution in [3.05, 3.63) is 42.3 Å². The van der Waals surface area contributed by atoms with E-state index in [0.29, 0.717) is 0 Å². The number of unbranched alkanes of at least 4 members (excludes halogenated alkanes) is 2. The molecule has 0 spiro atoms. The molecule has 0 aromatic heterocycles. The molecular weight excluding hydrogens is 156 g/mol. The predicted octanol–water partition coefficient (Wildman–Crippen LogP) is 3.80. The van der Waals surface area contributed by atoms with E-state index >= 15 is 0 Å². The topological polar surface area (TPSA) is 0 Å². The Morgan fingerprint density at radius 1 is 1.00 bits per heavy atom. The van der Waals surface area contributed by atoms with Gasteiger partial charge < -0.3 is 0 Å². The van der Waals surface area contributed by atoms with Crippen LogP contribution in [0.25, 0.3) is 0 Å². The molecule has 0 aliphatic rings. The van der Waals surface area contributed by atoms with Gasteiger partial charge in [-0.3, -0.25) is 0 Å². The van der Waals surface area contributed by atoms with Crippen LogP contribution in [0.2, 0.25) is 0 Å². The molecule has 1 rings (SSSR count). The normalized spacial score (nSPS) is 10.3. The summed E-state index contributed by atoms with van der Waals surface area (Å²) in [6, 6.07) is 8.98. The highest BCUT2D eigenvalue weighted by Gasteiger charge is 1.93. The number of hydrogen-bond acceptors (Lipinski definition) is 0. The second-order valence-electron chi connectivity index (χ2n) is 3.48. The largest absolute Gasteiger partial charge is 0.0613 e. The Labute approximate surface area is 82.0 Å². The van der Waals surface area contributed by atoms with Gasteiger partial charge in [0, 0.05) is 0 Å². The average Bonchev–Trinajstić information content (AvgIpc) is 2.19. The Kier molecular flexibility index (Phi) is 4.59. The second kappa shape index (κ2) is 5.80. The molecule has 0 fully saturated rings. The minimum Gasteiger partial charge on any atom is -0.0613 e. The Morgan fingerprint density at radius 2 is 1.62 bits per heavy atom. The molecule has 0 N–H and O–H groups in total. The molecule has 0 heterocycles. The molecule has 1 aromatic rings. The molecule has 0 atom stereocenters. The fourth-order valence-corrected chi connectivity index (χ4v) is 1.45. The van der Waals surface area contributed by atoms with Crippen molar-refractivity contribution in [2.45, 2.75) is 39.0 Å². The van der Waals surface area contributed by atoms with Crippen molar-refractivity contribution in [2.75, 3.05) is 0 Å². The van der Waals surface area contributed by atoms with E-state index in [2.05, 4.69) is 38.1 Å². The molecule has 0 saturated heterocycles. The van der Waals surface area contributed by atoms with Crippen LogP contribution in [-0.2, 0) is 12.8 Å². The van der Waals surface area contributed by atoms with Crippen LogP contribution in [0.1, 0.15) is 37.3 Å². The van der Waals surface area contributed by atoms with Gasteiger partial charge in [0.15, 0.2) is 0 Å². The maximum Gasteiger partial charge on any atom is -0.0279 e. The van der Waals surface area contributed by atoms with Gasteiger partial charge in [-0.1, -0.05) is 51.0 Å². The minimum absolute atomic E-state index is 1.06. The number of aryl methyl sites for hydroxylation is 2. The van der Waals surface area contributed by atoms with Crippen molar-refractivity contribution in [1.82, 2.24) is 0 Å². The zero-order valence-electron chi connectivity index (χ0n) is 8.55. The standard InChI is InChI=1S/C13H19/c1-3-5-6-7-13-10-8-12(4-2)9-11-13/h8-11H,1,3-7H2,2H3. The lowest BCUT2D eigenvalue weighted by molar-refractivity contribution is 0.746. The maximum atomic E-state index is 3.84. The SMILES string of the molecule is [CH2]CCCCc1ccc(CC)cc1. The summed E-state index contributed by atoms with van der Waals surface area (Å²) in [6.07, 6.45) is 5.93. The van der Waals surface area contributed by atoms with Crippen LogP contribution in [0.4, 0.5) is 0 Å². The first-order chi connectivity index (χ1) is 6.36. The van der Waals surface area contributed by atoms with Crippen molar-refractivity contribution < 1.29 is 0 Å². The molecule has 0 bridgehead atoms. The van der Waals surface area contributed by atoms with Crippen molar-refractivity contribution in [3.8, 4) is 0 Å². The molecular formula is C13H19. The lowest BCUT2D eigenvalue weighted by Crippen LogP contribution is -1.86. The van der Waals surface area contributed by atoms with Gasteiger partial charge in [0.2, 0.25) is 0 Å². The molecule has 0 nitrogen and oxygen atoms in total. The van der Waals surface area contributed by atoms with Gasteiger partial charge >= 0.3 is 0 Å². The van der Waals surface area contributed by atoms with Crippen LogP contribution >= 0.6 is 0 Å². The van der Waals surface area contributed by atoms with Crippen LogP contribution in [-0.4, -0.2) is 0 Å². The van der Waals surface area contributed by atoms with Gasteiger partial charge in [0.05, 0.1) is 0 Å². The Morgan fingerprint density at radius 3 is 2.15 bits per heavy atom. The summed E-state index contributed by atoms with van der Waals surface area (Å²) >= 11 is 0. The van der Waals surface area contributed by atoms with Crippen molar-refractivity contribution in [3.63, 3.8) is 0 Å². The molecule has 0 aliphatic heterocycles. The number of rotatable bonds is 5. The third kappa shape index (κ3) is 3.63. The highest BCUT2D eigenvalue weighted by molar-refractivity contribution is 5.22. The van der Waals surface area contributed by atoms with Gasteiger partial charge in [-0.15, -0.1) is 0 Å². The van der Waals surface area contributed by atoms with Crippen LogP contribution in [0.15, 0.2) is 24.3 Å². The fourth-order valence-electron chi connectivity index (χ4n) is 1.45. The second-order valence-corrected chi connectivity index (χ2v) is 3.48. The molecule has 0 heteroatoms. The van der Waals surface area contributed by atoms with Crippen molar-refractivity contribution >= 4 is 0 Å². The Bertz CT molecular complexity index is 220. The maximum absolute atomic E-state index is 3.84. The predicted molar refractivity (Wildman–Crippen MR) is 58.7 cm³/mol. The van der Waals surface area contributed by atoms with E-state index < -0.39 is 0 Å². The molecule has 0 unspecified atom stereocenters. The Hall–Kier alpha value is -0.780. The lowest BCUT2D eigenvalue weighted by Gasteiger charge is -2.01. The summed E-state index contributed by atoms with van der Waals surface area (Å²) < 4.78 is 0. The fraction of sp³-hybridized carbons (Fsp3) is 0.462. The smallest absolute Gasteiger partial charge is 0.0279 e. The average molecular weight is 175 g/mol. The highest BCUT2D eigenvalue weighted by atomic mass is 14.0. The van der Waals surface area contributed by atoms with E-state index in [1.54, 1.807) is 0 Å². The minimum atomic E-state index is 1.06. The number of hydrogen-bond donors (Lipinski definition) is 0. The molecule has 0 amide bonds. The van der Waals surface area contributed by atoms with E-state index in [1.165, 1.54) is 30.4 Å². The van der Waals surface area contributed by atoms with E-state index in [4.69, 9.17) is 0 Å².